The summed E-state index contributed by atoms with van der Waals surface area (Å²) in [4.78, 5) is 0. The molecule has 0 bridgehead atoms. The second-order valence-corrected chi connectivity index (χ2v) is 3.33. The summed E-state index contributed by atoms with van der Waals surface area (Å²) in [5, 5.41) is 8.79. The number of halogens is 3. The van der Waals surface area contributed by atoms with Crippen molar-refractivity contribution in [2.45, 2.75) is 26.1 Å². The zero-order valence-corrected chi connectivity index (χ0v) is 8.84. The molecule has 0 aliphatic rings. The van der Waals surface area contributed by atoms with E-state index in [1.165, 1.54) is 12.1 Å². The Morgan fingerprint density at radius 2 is 2.00 bits per heavy atom. The van der Waals surface area contributed by atoms with Gasteiger partial charge in [0.15, 0.2) is 0 Å². The van der Waals surface area contributed by atoms with Crippen LogP contribution in [0.25, 0.3) is 0 Å². The Balaban J connectivity index is 3.06. The highest BCUT2D eigenvalue weighted by atomic mass is 19.4. The Hall–Kier alpha value is -1.23. The second kappa shape index (κ2) is 5.21. The predicted molar refractivity (Wildman–Crippen MR) is 53.2 cm³/mol. The van der Waals surface area contributed by atoms with Crippen molar-refractivity contribution in [1.29, 1.82) is 0 Å². The van der Waals surface area contributed by atoms with Gasteiger partial charge in [0.1, 0.15) is 5.75 Å². The minimum atomic E-state index is -4.46. The Bertz CT molecular complexity index is 348. The van der Waals surface area contributed by atoms with Gasteiger partial charge >= 0.3 is 6.18 Å². The molecule has 0 fully saturated rings. The molecule has 1 aromatic carbocycles. The highest BCUT2D eigenvalue weighted by Gasteiger charge is 2.34. The first kappa shape index (κ1) is 12.8. The average Bonchev–Trinajstić information content (AvgIpc) is 2.25. The Morgan fingerprint density at radius 3 is 2.50 bits per heavy atom. The average molecular weight is 234 g/mol. The molecule has 2 nitrogen and oxygen atoms in total. The van der Waals surface area contributed by atoms with Crippen molar-refractivity contribution in [3.05, 3.63) is 29.3 Å². The molecule has 0 aliphatic carbocycles. The summed E-state index contributed by atoms with van der Waals surface area (Å²) in [6.45, 7) is 1.63. The van der Waals surface area contributed by atoms with E-state index in [4.69, 9.17) is 9.84 Å². The van der Waals surface area contributed by atoms with E-state index in [1.807, 2.05) is 6.92 Å². The lowest BCUT2D eigenvalue weighted by atomic mass is 10.1. The molecule has 16 heavy (non-hydrogen) atoms. The molecule has 0 saturated carbocycles. The summed E-state index contributed by atoms with van der Waals surface area (Å²) in [5.74, 6) is -0.188. The fourth-order valence-corrected chi connectivity index (χ4v) is 1.23. The normalized spacial score (nSPS) is 11.6. The Morgan fingerprint density at radius 1 is 1.31 bits per heavy atom. The molecular weight excluding hydrogens is 221 g/mol. The summed E-state index contributed by atoms with van der Waals surface area (Å²) in [5.41, 5.74) is -0.622. The largest absolute Gasteiger partial charge is 0.493 e. The lowest BCUT2D eigenvalue weighted by Crippen LogP contribution is -2.10. The Labute approximate surface area is 91.7 Å². The molecule has 0 amide bonds. The summed E-state index contributed by atoms with van der Waals surface area (Å²) in [6.07, 6.45) is -3.83. The van der Waals surface area contributed by atoms with Crippen LogP contribution in [0.1, 0.15) is 24.5 Å². The molecule has 0 radical (unpaired) electrons. The van der Waals surface area contributed by atoms with Crippen LogP contribution in [0.3, 0.4) is 0 Å². The molecule has 90 valence electrons. The molecule has 0 aliphatic heterocycles. The van der Waals surface area contributed by atoms with E-state index in [0.29, 0.717) is 6.42 Å². The Kier molecular flexibility index (Phi) is 4.18. The van der Waals surface area contributed by atoms with E-state index in [1.54, 1.807) is 0 Å². The number of hydrogen-bond acceptors (Lipinski definition) is 2. The second-order valence-electron chi connectivity index (χ2n) is 3.33. The van der Waals surface area contributed by atoms with Crippen molar-refractivity contribution in [2.75, 3.05) is 6.61 Å². The van der Waals surface area contributed by atoms with Crippen LogP contribution >= 0.6 is 0 Å². The lowest BCUT2D eigenvalue weighted by molar-refractivity contribution is -0.139. The molecule has 0 spiro atoms. The van der Waals surface area contributed by atoms with E-state index in [-0.39, 0.29) is 17.9 Å². The molecule has 0 saturated heterocycles. The first-order valence-corrected chi connectivity index (χ1v) is 4.92. The van der Waals surface area contributed by atoms with Crippen LogP contribution in [-0.4, -0.2) is 11.7 Å². The topological polar surface area (TPSA) is 29.5 Å². The van der Waals surface area contributed by atoms with Crippen LogP contribution in [-0.2, 0) is 12.8 Å². The van der Waals surface area contributed by atoms with Crippen LogP contribution < -0.4 is 4.74 Å². The zero-order valence-electron chi connectivity index (χ0n) is 8.84. The number of hydrogen-bond donors (Lipinski definition) is 1. The van der Waals surface area contributed by atoms with Crippen LogP contribution in [0.2, 0.25) is 0 Å². The maximum absolute atomic E-state index is 12.6. The van der Waals surface area contributed by atoms with Gasteiger partial charge in [-0.3, -0.25) is 0 Å². The van der Waals surface area contributed by atoms with Gasteiger partial charge in [0.05, 0.1) is 18.8 Å². The number of aliphatic hydroxyl groups excluding tert-OH is 1. The lowest BCUT2D eigenvalue weighted by Gasteiger charge is -2.14. The summed E-state index contributed by atoms with van der Waals surface area (Å²) in [7, 11) is 0. The highest BCUT2D eigenvalue weighted by Crippen LogP contribution is 2.36. The first-order chi connectivity index (χ1) is 7.49. The van der Waals surface area contributed by atoms with Crippen molar-refractivity contribution in [3.63, 3.8) is 0 Å². The predicted octanol–water partition coefficient (Wildman–Crippen LogP) is 2.99. The SMILES string of the molecule is CCCOc1ccc(CO)cc1C(F)(F)F. The molecule has 0 aromatic heterocycles. The van der Waals surface area contributed by atoms with Gasteiger partial charge in [-0.25, -0.2) is 0 Å². The van der Waals surface area contributed by atoms with Gasteiger partial charge < -0.3 is 9.84 Å². The summed E-state index contributed by atoms with van der Waals surface area (Å²) < 4.78 is 42.9. The van der Waals surface area contributed by atoms with E-state index in [9.17, 15) is 13.2 Å². The molecule has 5 heteroatoms. The third-order valence-electron chi connectivity index (χ3n) is 1.99. The van der Waals surface area contributed by atoms with Gasteiger partial charge in [0.2, 0.25) is 0 Å². The highest BCUT2D eigenvalue weighted by molar-refractivity contribution is 5.39. The monoisotopic (exact) mass is 234 g/mol. The maximum Gasteiger partial charge on any atom is 0.419 e. The number of ether oxygens (including phenoxy) is 1. The number of benzene rings is 1. The van der Waals surface area contributed by atoms with Gasteiger partial charge in [-0.2, -0.15) is 13.2 Å². The van der Waals surface area contributed by atoms with E-state index in [0.717, 1.165) is 6.07 Å². The molecule has 0 heterocycles. The van der Waals surface area contributed by atoms with Crippen molar-refractivity contribution in [3.8, 4) is 5.75 Å². The summed E-state index contributed by atoms with van der Waals surface area (Å²) >= 11 is 0. The molecule has 0 atom stereocenters. The number of alkyl halides is 3. The minimum Gasteiger partial charge on any atom is -0.493 e. The van der Waals surface area contributed by atoms with Crippen molar-refractivity contribution in [1.82, 2.24) is 0 Å². The van der Waals surface area contributed by atoms with Crippen molar-refractivity contribution in [2.24, 2.45) is 0 Å². The van der Waals surface area contributed by atoms with Crippen LogP contribution in [0.15, 0.2) is 18.2 Å². The first-order valence-electron chi connectivity index (χ1n) is 4.92. The van der Waals surface area contributed by atoms with E-state index in [2.05, 4.69) is 0 Å². The van der Waals surface area contributed by atoms with Gasteiger partial charge in [-0.15, -0.1) is 0 Å². The van der Waals surface area contributed by atoms with Gasteiger partial charge in [-0.05, 0) is 24.1 Å². The number of aliphatic hydroxyl groups is 1. The van der Waals surface area contributed by atoms with Crippen LogP contribution in [0.4, 0.5) is 13.2 Å². The molecular formula is C11H13F3O2. The third kappa shape index (κ3) is 3.13. The maximum atomic E-state index is 12.6. The fourth-order valence-electron chi connectivity index (χ4n) is 1.23. The number of rotatable bonds is 4. The van der Waals surface area contributed by atoms with Gasteiger partial charge in [0.25, 0.3) is 0 Å². The molecule has 1 aromatic rings. The summed E-state index contributed by atoms with van der Waals surface area (Å²) in [6, 6.07) is 3.56. The standard InChI is InChI=1S/C11H13F3O2/c1-2-5-16-10-4-3-8(7-15)6-9(10)11(12,13)14/h3-4,6,15H,2,5,7H2,1H3. The quantitative estimate of drug-likeness (QED) is 0.867. The molecule has 1 N–H and O–H groups in total. The fraction of sp³-hybridized carbons (Fsp3) is 0.455. The van der Waals surface area contributed by atoms with Crippen molar-refractivity contribution >= 4 is 0 Å². The molecule has 0 unspecified atom stereocenters. The van der Waals surface area contributed by atoms with E-state index < -0.39 is 18.3 Å². The van der Waals surface area contributed by atoms with Crippen LogP contribution in [0.5, 0.6) is 5.75 Å². The van der Waals surface area contributed by atoms with Gasteiger partial charge in [-0.1, -0.05) is 13.0 Å². The minimum absolute atomic E-state index is 0.188. The third-order valence-corrected chi connectivity index (χ3v) is 1.99. The molecule has 1 rings (SSSR count). The zero-order chi connectivity index (χ0) is 12.2. The van der Waals surface area contributed by atoms with E-state index >= 15 is 0 Å². The van der Waals surface area contributed by atoms with Crippen LogP contribution in [0, 0.1) is 0 Å². The smallest absolute Gasteiger partial charge is 0.419 e. The van der Waals surface area contributed by atoms with Crippen molar-refractivity contribution < 1.29 is 23.0 Å². The van der Waals surface area contributed by atoms with Gasteiger partial charge in [0, 0.05) is 0 Å².